The van der Waals surface area contributed by atoms with E-state index in [0.29, 0.717) is 12.8 Å². The van der Waals surface area contributed by atoms with Gasteiger partial charge in [0.25, 0.3) is 0 Å². The van der Waals surface area contributed by atoms with Gasteiger partial charge >= 0.3 is 29.6 Å². The summed E-state index contributed by atoms with van der Waals surface area (Å²) in [5, 5.41) is 8.67. The van der Waals surface area contributed by atoms with Gasteiger partial charge in [-0.2, -0.15) is 0 Å². The second kappa shape index (κ2) is 19.2. The van der Waals surface area contributed by atoms with Gasteiger partial charge in [-0.1, -0.05) is 97.3 Å². The molecule has 0 fully saturated rings. The number of unbranched alkanes of at least 4 members (excludes halogenated alkanes) is 12. The van der Waals surface area contributed by atoms with Crippen LogP contribution in [-0.2, 0) is 10.1 Å². The van der Waals surface area contributed by atoms with Gasteiger partial charge in [-0.15, -0.1) is 0 Å². The van der Waals surface area contributed by atoms with Gasteiger partial charge in [0.2, 0.25) is 0 Å². The predicted octanol–water partition coefficient (Wildman–Crippen LogP) is 2.55. The third-order valence-electron chi connectivity index (χ3n) is 5.04. The van der Waals surface area contributed by atoms with E-state index in [9.17, 15) is 18.1 Å². The SMILES string of the molecule is CCCCCCCCCCCCCCCC(CC(O)CC)S(=O)(=O)[O-].[Na+]. The van der Waals surface area contributed by atoms with Crippen LogP contribution in [0.15, 0.2) is 0 Å². The monoisotopic (exact) mass is 400 g/mol. The molecule has 6 heteroatoms. The molecular weight excluding hydrogens is 359 g/mol. The molecule has 0 amide bonds. The van der Waals surface area contributed by atoms with E-state index >= 15 is 0 Å². The predicted molar refractivity (Wildman–Crippen MR) is 105 cm³/mol. The van der Waals surface area contributed by atoms with Crippen LogP contribution >= 0.6 is 0 Å². The van der Waals surface area contributed by atoms with E-state index in [1.165, 1.54) is 64.2 Å². The van der Waals surface area contributed by atoms with Gasteiger partial charge in [-0.05, 0) is 19.3 Å². The molecule has 4 nitrogen and oxygen atoms in total. The first-order valence-electron chi connectivity index (χ1n) is 10.5. The fourth-order valence-corrected chi connectivity index (χ4v) is 4.15. The molecule has 0 radical (unpaired) electrons. The van der Waals surface area contributed by atoms with Crippen molar-refractivity contribution in [3.63, 3.8) is 0 Å². The van der Waals surface area contributed by atoms with Gasteiger partial charge in [-0.25, -0.2) is 8.42 Å². The standard InChI is InChI=1S/C20H42O4S.Na/c1-3-5-6-7-8-9-10-11-12-13-14-15-16-17-20(25(22,23)24)18-19(21)4-2;/h19-21H,3-18H2,1-2H3,(H,22,23,24);/q;+1/p-1. The third-order valence-corrected chi connectivity index (χ3v) is 6.29. The molecule has 1 N–H and O–H groups in total. The molecule has 152 valence electrons. The summed E-state index contributed by atoms with van der Waals surface area (Å²) in [6, 6.07) is 0. The molecule has 0 rings (SSSR count). The quantitative estimate of drug-likeness (QED) is 0.218. The maximum Gasteiger partial charge on any atom is 1.00 e. The summed E-state index contributed by atoms with van der Waals surface area (Å²) in [5.74, 6) is 0. The second-order valence-electron chi connectivity index (χ2n) is 7.44. The first kappa shape index (κ1) is 29.1. The molecule has 2 unspecified atom stereocenters. The molecule has 0 aromatic rings. The van der Waals surface area contributed by atoms with Crippen molar-refractivity contribution < 1.29 is 47.6 Å². The van der Waals surface area contributed by atoms with Gasteiger partial charge < -0.3 is 9.66 Å². The van der Waals surface area contributed by atoms with Gasteiger partial charge in [0.1, 0.15) is 0 Å². The van der Waals surface area contributed by atoms with Crippen LogP contribution in [0, 0.1) is 0 Å². The van der Waals surface area contributed by atoms with Crippen molar-refractivity contribution in [2.24, 2.45) is 0 Å². The Kier molecular flexibility index (Phi) is 21.5. The Bertz CT molecular complexity index is 387. The number of rotatable bonds is 18. The van der Waals surface area contributed by atoms with Crippen LogP contribution in [-0.4, -0.2) is 29.4 Å². The van der Waals surface area contributed by atoms with E-state index < -0.39 is 21.5 Å². The maximum atomic E-state index is 11.3. The zero-order chi connectivity index (χ0) is 19.0. The van der Waals surface area contributed by atoms with E-state index in [1.54, 1.807) is 6.92 Å². The van der Waals surface area contributed by atoms with Crippen LogP contribution < -0.4 is 29.6 Å². The Hall–Kier alpha value is 0.870. The van der Waals surface area contributed by atoms with Crippen LogP contribution in [0.3, 0.4) is 0 Å². The number of hydrogen-bond donors (Lipinski definition) is 1. The van der Waals surface area contributed by atoms with E-state index in [1.807, 2.05) is 0 Å². The molecule has 0 spiro atoms. The Morgan fingerprint density at radius 1 is 0.769 bits per heavy atom. The Morgan fingerprint density at radius 2 is 1.15 bits per heavy atom. The summed E-state index contributed by atoms with van der Waals surface area (Å²) in [6.07, 6.45) is 16.4. The van der Waals surface area contributed by atoms with Crippen molar-refractivity contribution in [3.05, 3.63) is 0 Å². The molecule has 0 aliphatic rings. The molecule has 0 aliphatic heterocycles. The fraction of sp³-hybridized carbons (Fsp3) is 1.00. The molecule has 0 saturated heterocycles. The topological polar surface area (TPSA) is 77.4 Å². The molecule has 0 aromatic heterocycles. The van der Waals surface area contributed by atoms with Crippen molar-refractivity contribution in [2.45, 2.75) is 128 Å². The average Bonchev–Trinajstić information content (AvgIpc) is 2.56. The van der Waals surface area contributed by atoms with Crippen molar-refractivity contribution in [2.75, 3.05) is 0 Å². The minimum absolute atomic E-state index is 0. The summed E-state index contributed by atoms with van der Waals surface area (Å²) in [4.78, 5) is 0. The van der Waals surface area contributed by atoms with Crippen LogP contribution in [0.1, 0.15) is 117 Å². The zero-order valence-electron chi connectivity index (χ0n) is 17.5. The van der Waals surface area contributed by atoms with Crippen molar-refractivity contribution in [3.8, 4) is 0 Å². The Balaban J connectivity index is 0. The van der Waals surface area contributed by atoms with E-state index in [-0.39, 0.29) is 36.0 Å². The molecule has 0 heterocycles. The van der Waals surface area contributed by atoms with Crippen molar-refractivity contribution in [1.29, 1.82) is 0 Å². The third kappa shape index (κ3) is 18.2. The summed E-state index contributed by atoms with van der Waals surface area (Å²) in [6.45, 7) is 4.04. The Morgan fingerprint density at radius 3 is 1.50 bits per heavy atom. The molecule has 26 heavy (non-hydrogen) atoms. The van der Waals surface area contributed by atoms with Crippen LogP contribution in [0.4, 0.5) is 0 Å². The number of hydrogen-bond acceptors (Lipinski definition) is 4. The molecular formula is C20H41NaO4S. The number of aliphatic hydroxyl groups is 1. The van der Waals surface area contributed by atoms with Gasteiger partial charge in [0.15, 0.2) is 0 Å². The molecule has 0 aromatic carbocycles. The summed E-state index contributed by atoms with van der Waals surface area (Å²) in [7, 11) is -4.30. The van der Waals surface area contributed by atoms with E-state index in [4.69, 9.17) is 0 Å². The molecule has 0 bridgehead atoms. The van der Waals surface area contributed by atoms with Gasteiger partial charge in [0, 0.05) is 0 Å². The Labute approximate surface area is 185 Å². The first-order valence-corrected chi connectivity index (χ1v) is 12.0. The molecule has 0 saturated carbocycles. The van der Waals surface area contributed by atoms with Crippen LogP contribution in [0.5, 0.6) is 0 Å². The largest absolute Gasteiger partial charge is 1.00 e. The van der Waals surface area contributed by atoms with E-state index in [0.717, 1.165) is 19.3 Å². The fourth-order valence-electron chi connectivity index (χ4n) is 3.24. The molecule has 0 aliphatic carbocycles. The average molecular weight is 401 g/mol. The van der Waals surface area contributed by atoms with Crippen molar-refractivity contribution >= 4 is 10.1 Å². The second-order valence-corrected chi connectivity index (χ2v) is 9.10. The van der Waals surface area contributed by atoms with E-state index in [2.05, 4.69) is 6.92 Å². The normalized spacial score (nSPS) is 14.0. The number of aliphatic hydroxyl groups excluding tert-OH is 1. The van der Waals surface area contributed by atoms with Crippen LogP contribution in [0.2, 0.25) is 0 Å². The van der Waals surface area contributed by atoms with Crippen molar-refractivity contribution in [1.82, 2.24) is 0 Å². The maximum absolute atomic E-state index is 11.3. The smallest absolute Gasteiger partial charge is 0.748 e. The minimum Gasteiger partial charge on any atom is -0.748 e. The van der Waals surface area contributed by atoms with Crippen LogP contribution in [0.25, 0.3) is 0 Å². The van der Waals surface area contributed by atoms with Gasteiger partial charge in [0.05, 0.1) is 21.5 Å². The first-order chi connectivity index (χ1) is 11.9. The summed E-state index contributed by atoms with van der Waals surface area (Å²) in [5.41, 5.74) is 0. The molecule has 2 atom stereocenters. The zero-order valence-corrected chi connectivity index (χ0v) is 20.4. The summed E-state index contributed by atoms with van der Waals surface area (Å²) >= 11 is 0. The summed E-state index contributed by atoms with van der Waals surface area (Å²) < 4.78 is 33.8. The minimum atomic E-state index is -4.30. The van der Waals surface area contributed by atoms with Gasteiger partial charge in [-0.3, -0.25) is 0 Å².